The van der Waals surface area contributed by atoms with Gasteiger partial charge in [0.25, 0.3) is 0 Å². The van der Waals surface area contributed by atoms with Crippen molar-refractivity contribution in [2.75, 3.05) is 0 Å². The van der Waals surface area contributed by atoms with Crippen LogP contribution in [0.4, 0.5) is 0 Å². The van der Waals surface area contributed by atoms with Crippen molar-refractivity contribution >= 4 is 0 Å². The molecule has 0 spiro atoms. The van der Waals surface area contributed by atoms with E-state index in [4.69, 9.17) is 8.83 Å². The largest absolute Gasteiger partial charge is 0.472 e. The zero-order valence-electron chi connectivity index (χ0n) is 9.52. The Kier molecular flexibility index (Phi) is 2.39. The number of hydrogen-bond donors (Lipinski definition) is 0. The van der Waals surface area contributed by atoms with E-state index in [1.54, 1.807) is 18.6 Å². The molecule has 3 heteroatoms. The van der Waals surface area contributed by atoms with Crippen molar-refractivity contribution in [3.05, 3.63) is 58.5 Å². The highest BCUT2D eigenvalue weighted by atomic mass is 16.4. The third-order valence-corrected chi connectivity index (χ3v) is 3.50. The molecule has 3 rings (SSSR count). The molecule has 0 bridgehead atoms. The molecule has 2 heterocycles. The molecule has 0 amide bonds. The molecule has 17 heavy (non-hydrogen) atoms. The molecule has 0 aromatic carbocycles. The van der Waals surface area contributed by atoms with Gasteiger partial charge >= 0.3 is 5.63 Å². The summed E-state index contributed by atoms with van der Waals surface area (Å²) < 4.78 is 9.97. The summed E-state index contributed by atoms with van der Waals surface area (Å²) >= 11 is 0. The fourth-order valence-electron chi connectivity index (χ4n) is 2.35. The van der Waals surface area contributed by atoms with E-state index in [9.17, 15) is 4.79 Å². The smallest absolute Gasteiger partial charge is 0.338 e. The Bertz CT molecular complexity index is 547. The maximum atomic E-state index is 11.5. The minimum atomic E-state index is -0.203. The Morgan fingerprint density at radius 1 is 1.18 bits per heavy atom. The summed E-state index contributed by atoms with van der Waals surface area (Å²) in [5, 5.41) is 0. The Hall–Kier alpha value is -1.77. The average molecular weight is 230 g/mol. The molecule has 0 radical (unpaired) electrons. The van der Waals surface area contributed by atoms with Gasteiger partial charge in [0.2, 0.25) is 0 Å². The van der Waals surface area contributed by atoms with Gasteiger partial charge in [0.05, 0.1) is 18.8 Å². The summed E-state index contributed by atoms with van der Waals surface area (Å²) in [6.45, 7) is 0. The molecule has 2 aromatic rings. The zero-order chi connectivity index (χ0) is 11.7. The van der Waals surface area contributed by atoms with Crippen LogP contribution >= 0.6 is 0 Å². The number of furan rings is 1. The van der Waals surface area contributed by atoms with Crippen molar-refractivity contribution in [2.24, 2.45) is 5.41 Å². The lowest BCUT2D eigenvalue weighted by Gasteiger charge is -2.12. The van der Waals surface area contributed by atoms with Crippen LogP contribution < -0.4 is 5.63 Å². The van der Waals surface area contributed by atoms with E-state index >= 15 is 0 Å². The Morgan fingerprint density at radius 2 is 2.06 bits per heavy atom. The number of hydrogen-bond acceptors (Lipinski definition) is 3. The lowest BCUT2D eigenvalue weighted by Crippen LogP contribution is -2.15. The molecule has 0 atom stereocenters. The highest BCUT2D eigenvalue weighted by Gasteiger charge is 2.43. The van der Waals surface area contributed by atoms with Crippen LogP contribution in [0.5, 0.6) is 0 Å². The summed E-state index contributed by atoms with van der Waals surface area (Å²) in [5.74, 6) is 0. The third kappa shape index (κ3) is 2.18. The van der Waals surface area contributed by atoms with E-state index in [0.717, 1.165) is 18.4 Å². The van der Waals surface area contributed by atoms with Crippen LogP contribution in [0.3, 0.4) is 0 Å². The van der Waals surface area contributed by atoms with Crippen LogP contribution in [0.2, 0.25) is 0 Å². The first-order valence-corrected chi connectivity index (χ1v) is 5.85. The third-order valence-electron chi connectivity index (χ3n) is 3.50. The first-order chi connectivity index (χ1) is 8.27. The van der Waals surface area contributed by atoms with Crippen LogP contribution in [0.25, 0.3) is 0 Å². The van der Waals surface area contributed by atoms with Gasteiger partial charge < -0.3 is 8.83 Å². The Balaban J connectivity index is 1.77. The molecule has 2 aromatic heterocycles. The maximum absolute atomic E-state index is 11.5. The lowest BCUT2D eigenvalue weighted by molar-refractivity contribution is 0.460. The van der Waals surface area contributed by atoms with Crippen molar-refractivity contribution in [3.8, 4) is 0 Å². The molecule has 0 saturated heterocycles. The van der Waals surface area contributed by atoms with Crippen LogP contribution in [-0.2, 0) is 12.8 Å². The van der Waals surface area contributed by atoms with Gasteiger partial charge in [0.15, 0.2) is 0 Å². The minimum Gasteiger partial charge on any atom is -0.472 e. The van der Waals surface area contributed by atoms with Gasteiger partial charge in [0.1, 0.15) is 0 Å². The second-order valence-electron chi connectivity index (χ2n) is 4.91. The van der Waals surface area contributed by atoms with Crippen LogP contribution in [0, 0.1) is 5.41 Å². The molecule has 1 saturated carbocycles. The van der Waals surface area contributed by atoms with Gasteiger partial charge in [-0.3, -0.25) is 0 Å². The summed E-state index contributed by atoms with van der Waals surface area (Å²) in [6.07, 6.45) is 9.05. The Labute approximate surface area is 99.1 Å². The highest BCUT2D eigenvalue weighted by Crippen LogP contribution is 2.50. The molecule has 0 aliphatic heterocycles. The van der Waals surface area contributed by atoms with E-state index in [2.05, 4.69) is 0 Å². The SMILES string of the molecule is O=c1occcc1CC1(Cc2ccoc2)CC1. The van der Waals surface area contributed by atoms with Gasteiger partial charge in [0, 0.05) is 5.56 Å². The lowest BCUT2D eigenvalue weighted by atomic mass is 9.91. The van der Waals surface area contributed by atoms with Crippen molar-refractivity contribution in [1.82, 2.24) is 0 Å². The molecule has 1 aliphatic rings. The van der Waals surface area contributed by atoms with Gasteiger partial charge in [-0.2, -0.15) is 0 Å². The Morgan fingerprint density at radius 3 is 2.71 bits per heavy atom. The minimum absolute atomic E-state index is 0.203. The molecule has 0 unspecified atom stereocenters. The van der Waals surface area contributed by atoms with Crippen molar-refractivity contribution < 1.29 is 8.83 Å². The van der Waals surface area contributed by atoms with Crippen LogP contribution in [0.15, 0.2) is 50.6 Å². The molecular weight excluding hydrogens is 216 g/mol. The van der Waals surface area contributed by atoms with Crippen LogP contribution in [-0.4, -0.2) is 0 Å². The van der Waals surface area contributed by atoms with Gasteiger partial charge in [-0.25, -0.2) is 4.79 Å². The highest BCUT2D eigenvalue weighted by molar-refractivity contribution is 5.18. The predicted molar refractivity (Wildman–Crippen MR) is 62.8 cm³/mol. The van der Waals surface area contributed by atoms with E-state index in [1.165, 1.54) is 24.7 Å². The summed E-state index contributed by atoms with van der Waals surface area (Å²) in [5.41, 5.74) is 2.04. The normalized spacial score (nSPS) is 16.9. The molecule has 1 aliphatic carbocycles. The number of rotatable bonds is 4. The van der Waals surface area contributed by atoms with Crippen LogP contribution in [0.1, 0.15) is 24.0 Å². The molecular formula is C14H14O3. The van der Waals surface area contributed by atoms with E-state index in [1.807, 2.05) is 12.1 Å². The first kappa shape index (κ1) is 10.4. The first-order valence-electron chi connectivity index (χ1n) is 5.85. The van der Waals surface area contributed by atoms with Crippen molar-refractivity contribution in [2.45, 2.75) is 25.7 Å². The summed E-state index contributed by atoms with van der Waals surface area (Å²) in [4.78, 5) is 11.5. The van der Waals surface area contributed by atoms with E-state index in [-0.39, 0.29) is 11.0 Å². The molecule has 0 N–H and O–H groups in total. The van der Waals surface area contributed by atoms with Gasteiger partial charge in [-0.1, -0.05) is 0 Å². The topological polar surface area (TPSA) is 43.4 Å². The van der Waals surface area contributed by atoms with E-state index < -0.39 is 0 Å². The van der Waals surface area contributed by atoms with Crippen molar-refractivity contribution in [1.29, 1.82) is 0 Å². The quantitative estimate of drug-likeness (QED) is 0.811. The van der Waals surface area contributed by atoms with Gasteiger partial charge in [-0.15, -0.1) is 0 Å². The second-order valence-corrected chi connectivity index (χ2v) is 4.91. The standard InChI is InChI=1S/C14H14O3/c15-13-12(2-1-6-17-13)9-14(4-5-14)8-11-3-7-16-10-11/h1-3,6-7,10H,4-5,8-9H2. The zero-order valence-corrected chi connectivity index (χ0v) is 9.52. The fraction of sp³-hybridized carbons (Fsp3) is 0.357. The van der Waals surface area contributed by atoms with E-state index in [0.29, 0.717) is 0 Å². The average Bonchev–Trinajstić information content (AvgIpc) is 2.87. The second kappa shape index (κ2) is 3.91. The van der Waals surface area contributed by atoms with Gasteiger partial charge in [-0.05, 0) is 54.9 Å². The molecule has 3 nitrogen and oxygen atoms in total. The van der Waals surface area contributed by atoms with Crippen molar-refractivity contribution in [3.63, 3.8) is 0 Å². The predicted octanol–water partition coefficient (Wildman–Crippen LogP) is 2.80. The monoisotopic (exact) mass is 230 g/mol. The maximum Gasteiger partial charge on any atom is 0.338 e. The molecule has 88 valence electrons. The fourth-order valence-corrected chi connectivity index (χ4v) is 2.35. The summed E-state index contributed by atoms with van der Waals surface area (Å²) in [7, 11) is 0. The molecule has 1 fully saturated rings. The summed E-state index contributed by atoms with van der Waals surface area (Å²) in [6, 6.07) is 5.64.